The summed E-state index contributed by atoms with van der Waals surface area (Å²) in [4.78, 5) is 24.9. The first-order chi connectivity index (χ1) is 15.1. The quantitative estimate of drug-likeness (QED) is 0.193. The summed E-state index contributed by atoms with van der Waals surface area (Å²) in [5.74, 6) is -0.180. The number of hydrazone groups is 1. The van der Waals surface area contributed by atoms with E-state index in [0.29, 0.717) is 22.7 Å². The molecule has 2 aromatic rings. The first kappa shape index (κ1) is 24.8. The normalized spacial score (nSPS) is 11.4. The Morgan fingerprint density at radius 1 is 0.935 bits per heavy atom. The number of anilines is 1. The predicted molar refractivity (Wildman–Crippen MR) is 131 cm³/mol. The molecule has 0 fully saturated rings. The van der Waals surface area contributed by atoms with Gasteiger partial charge in [0.2, 0.25) is 5.91 Å². The van der Waals surface area contributed by atoms with Gasteiger partial charge >= 0.3 is 0 Å². The SMILES string of the molecule is CCCCCCCCCCCC(=O)NN=C(C)c1cccc(NC(=O)c2cccs2)c1. The molecular weight excluding hydrogens is 406 g/mol. The van der Waals surface area contributed by atoms with Crippen molar-refractivity contribution < 1.29 is 9.59 Å². The molecule has 0 atom stereocenters. The zero-order valence-electron chi connectivity index (χ0n) is 18.8. The second kappa shape index (κ2) is 14.5. The topological polar surface area (TPSA) is 70.6 Å². The number of carbonyl (C=O) groups excluding carboxylic acids is 2. The summed E-state index contributed by atoms with van der Waals surface area (Å²) in [6.45, 7) is 4.08. The molecule has 1 aromatic carbocycles. The molecule has 0 radical (unpaired) electrons. The van der Waals surface area contributed by atoms with Gasteiger partial charge < -0.3 is 5.32 Å². The second-order valence-corrected chi connectivity index (χ2v) is 8.77. The first-order valence-electron chi connectivity index (χ1n) is 11.4. The number of nitrogens with zero attached hydrogens (tertiary/aromatic N) is 1. The molecule has 2 amide bonds. The van der Waals surface area contributed by atoms with E-state index in [1.807, 2.05) is 42.6 Å². The molecule has 0 bridgehead atoms. The molecule has 0 spiro atoms. The molecule has 0 saturated heterocycles. The highest BCUT2D eigenvalue weighted by Crippen LogP contribution is 2.15. The van der Waals surface area contributed by atoms with Gasteiger partial charge in [0.1, 0.15) is 0 Å². The van der Waals surface area contributed by atoms with E-state index in [4.69, 9.17) is 0 Å². The molecule has 0 aliphatic heterocycles. The maximum absolute atomic E-state index is 12.2. The van der Waals surface area contributed by atoms with Crippen LogP contribution in [0.1, 0.15) is 93.3 Å². The Hall–Kier alpha value is -2.47. The van der Waals surface area contributed by atoms with Crippen molar-refractivity contribution in [3.05, 3.63) is 52.2 Å². The van der Waals surface area contributed by atoms with Crippen LogP contribution in [-0.4, -0.2) is 17.5 Å². The maximum atomic E-state index is 12.2. The average molecular weight is 442 g/mol. The minimum absolute atomic E-state index is 0.0514. The molecule has 5 nitrogen and oxygen atoms in total. The Labute approximate surface area is 190 Å². The largest absolute Gasteiger partial charge is 0.321 e. The number of hydrogen-bond donors (Lipinski definition) is 2. The van der Waals surface area contributed by atoms with Gasteiger partial charge in [-0.05, 0) is 42.5 Å². The van der Waals surface area contributed by atoms with E-state index in [1.165, 1.54) is 56.3 Å². The lowest BCUT2D eigenvalue weighted by molar-refractivity contribution is -0.121. The standard InChI is InChI=1S/C25H35N3O2S/c1-3-4-5-6-7-8-9-10-11-17-24(29)28-27-20(2)21-14-12-15-22(19-21)26-25(30)23-16-13-18-31-23/h12-16,18-19H,3-11,17H2,1-2H3,(H,26,30)(H,28,29). The van der Waals surface area contributed by atoms with Crippen LogP contribution in [0.5, 0.6) is 0 Å². The van der Waals surface area contributed by atoms with Crippen LogP contribution in [0.2, 0.25) is 0 Å². The van der Waals surface area contributed by atoms with Gasteiger partial charge in [-0.1, -0.05) is 76.5 Å². The number of unbranched alkanes of at least 4 members (excludes halogenated alkanes) is 8. The molecule has 2 N–H and O–H groups in total. The number of rotatable bonds is 14. The minimum Gasteiger partial charge on any atom is -0.321 e. The highest BCUT2D eigenvalue weighted by molar-refractivity contribution is 7.12. The third-order valence-electron chi connectivity index (χ3n) is 5.14. The summed E-state index contributed by atoms with van der Waals surface area (Å²) in [6, 6.07) is 11.1. The molecule has 0 saturated carbocycles. The number of benzene rings is 1. The summed E-state index contributed by atoms with van der Waals surface area (Å²) < 4.78 is 0. The van der Waals surface area contributed by atoms with Crippen molar-refractivity contribution >= 4 is 34.6 Å². The van der Waals surface area contributed by atoms with Crippen LogP contribution in [-0.2, 0) is 4.79 Å². The molecule has 0 unspecified atom stereocenters. The Kier molecular flexibility index (Phi) is 11.6. The van der Waals surface area contributed by atoms with E-state index >= 15 is 0 Å². The van der Waals surface area contributed by atoms with Crippen LogP contribution in [0.25, 0.3) is 0 Å². The fourth-order valence-electron chi connectivity index (χ4n) is 3.29. The zero-order valence-corrected chi connectivity index (χ0v) is 19.6. The van der Waals surface area contributed by atoms with Crippen molar-refractivity contribution in [3.8, 4) is 0 Å². The lowest BCUT2D eigenvalue weighted by Crippen LogP contribution is -2.19. The Morgan fingerprint density at radius 2 is 1.65 bits per heavy atom. The minimum atomic E-state index is -0.129. The highest BCUT2D eigenvalue weighted by Gasteiger charge is 2.08. The van der Waals surface area contributed by atoms with Crippen molar-refractivity contribution in [2.75, 3.05) is 5.32 Å². The smallest absolute Gasteiger partial charge is 0.265 e. The van der Waals surface area contributed by atoms with Gasteiger partial charge in [-0.2, -0.15) is 5.10 Å². The lowest BCUT2D eigenvalue weighted by atomic mass is 10.1. The van der Waals surface area contributed by atoms with Crippen molar-refractivity contribution in [2.45, 2.75) is 78.1 Å². The molecule has 0 aliphatic rings. The van der Waals surface area contributed by atoms with E-state index in [-0.39, 0.29) is 11.8 Å². The van der Waals surface area contributed by atoms with Gasteiger partial charge in [-0.15, -0.1) is 11.3 Å². The van der Waals surface area contributed by atoms with Crippen molar-refractivity contribution in [1.82, 2.24) is 5.43 Å². The maximum Gasteiger partial charge on any atom is 0.265 e. The van der Waals surface area contributed by atoms with E-state index in [9.17, 15) is 9.59 Å². The molecule has 168 valence electrons. The lowest BCUT2D eigenvalue weighted by Gasteiger charge is -2.07. The van der Waals surface area contributed by atoms with Crippen molar-refractivity contribution in [2.24, 2.45) is 5.10 Å². The average Bonchev–Trinajstić information content (AvgIpc) is 3.32. The van der Waals surface area contributed by atoms with Crippen LogP contribution in [0.3, 0.4) is 0 Å². The molecule has 0 aliphatic carbocycles. The van der Waals surface area contributed by atoms with Gasteiger partial charge in [0, 0.05) is 12.1 Å². The van der Waals surface area contributed by atoms with Crippen LogP contribution < -0.4 is 10.7 Å². The van der Waals surface area contributed by atoms with Crippen LogP contribution in [0.4, 0.5) is 5.69 Å². The third kappa shape index (κ3) is 9.92. The Balaban J connectivity index is 1.69. The van der Waals surface area contributed by atoms with Gasteiger partial charge in [0.25, 0.3) is 5.91 Å². The summed E-state index contributed by atoms with van der Waals surface area (Å²) in [5, 5.41) is 8.99. The summed E-state index contributed by atoms with van der Waals surface area (Å²) in [5.41, 5.74) is 4.91. The van der Waals surface area contributed by atoms with Gasteiger partial charge in [0.05, 0.1) is 10.6 Å². The fourth-order valence-corrected chi connectivity index (χ4v) is 3.90. The fraction of sp³-hybridized carbons (Fsp3) is 0.480. The summed E-state index contributed by atoms with van der Waals surface area (Å²) >= 11 is 1.40. The summed E-state index contributed by atoms with van der Waals surface area (Å²) in [7, 11) is 0. The number of carbonyl (C=O) groups is 2. The van der Waals surface area contributed by atoms with Gasteiger partial charge in [-0.25, -0.2) is 5.43 Å². The third-order valence-corrected chi connectivity index (χ3v) is 6.01. The van der Waals surface area contributed by atoms with E-state index in [1.54, 1.807) is 6.07 Å². The molecule has 2 rings (SSSR count). The molecule has 1 heterocycles. The van der Waals surface area contributed by atoms with Gasteiger partial charge in [0.15, 0.2) is 0 Å². The first-order valence-corrected chi connectivity index (χ1v) is 12.3. The zero-order chi connectivity index (χ0) is 22.3. The molecular formula is C25H35N3O2S. The monoisotopic (exact) mass is 441 g/mol. The van der Waals surface area contributed by atoms with Crippen LogP contribution in [0, 0.1) is 0 Å². The van der Waals surface area contributed by atoms with Crippen molar-refractivity contribution in [3.63, 3.8) is 0 Å². The predicted octanol–water partition coefficient (Wildman–Crippen LogP) is 6.76. The van der Waals surface area contributed by atoms with Crippen LogP contribution >= 0.6 is 11.3 Å². The number of nitrogens with one attached hydrogen (secondary N) is 2. The number of hydrogen-bond acceptors (Lipinski definition) is 4. The molecule has 31 heavy (non-hydrogen) atoms. The summed E-state index contributed by atoms with van der Waals surface area (Å²) in [6.07, 6.45) is 11.6. The van der Waals surface area contributed by atoms with E-state index in [0.717, 1.165) is 18.4 Å². The van der Waals surface area contributed by atoms with Crippen LogP contribution in [0.15, 0.2) is 46.9 Å². The second-order valence-electron chi connectivity index (χ2n) is 7.82. The number of amides is 2. The van der Waals surface area contributed by atoms with E-state index in [2.05, 4.69) is 22.8 Å². The van der Waals surface area contributed by atoms with E-state index < -0.39 is 0 Å². The molecule has 1 aromatic heterocycles. The Morgan fingerprint density at radius 3 is 2.32 bits per heavy atom. The molecule has 6 heteroatoms. The number of thiophene rings is 1. The van der Waals surface area contributed by atoms with Gasteiger partial charge in [-0.3, -0.25) is 9.59 Å². The van der Waals surface area contributed by atoms with Crippen molar-refractivity contribution in [1.29, 1.82) is 0 Å². The Bertz CT molecular complexity index is 831. The highest BCUT2D eigenvalue weighted by atomic mass is 32.1.